The van der Waals surface area contributed by atoms with Crippen LogP contribution in [0, 0.1) is 0 Å². The average molecular weight is 1160 g/mol. The first kappa shape index (κ1) is 78.6. The van der Waals surface area contributed by atoms with E-state index < -0.39 is 26.6 Å². The molecule has 0 saturated carbocycles. The van der Waals surface area contributed by atoms with E-state index in [0.29, 0.717) is 17.4 Å². The molecular weight excluding hydrogens is 1030 g/mol. The molecule has 0 aliphatic carbocycles. The predicted octanol–water partition coefficient (Wildman–Crippen LogP) is 20.8. The number of likely N-dealkylation sites (N-methyl/N-ethyl adjacent to an activating group) is 1. The quantitative estimate of drug-likeness (QED) is 0.0272. The number of rotatable bonds is 60. The molecule has 0 aliphatic rings. The fourth-order valence-electron chi connectivity index (χ4n) is 9.14. The summed E-state index contributed by atoms with van der Waals surface area (Å²) in [5.41, 5.74) is 0. The van der Waals surface area contributed by atoms with Gasteiger partial charge in [-0.15, -0.1) is 0 Å². The van der Waals surface area contributed by atoms with Gasteiger partial charge in [-0.3, -0.25) is 9.36 Å². The van der Waals surface area contributed by atoms with Crippen molar-refractivity contribution < 1.29 is 32.9 Å². The van der Waals surface area contributed by atoms with Crippen molar-refractivity contribution in [2.75, 3.05) is 40.9 Å². The first-order valence-corrected chi connectivity index (χ1v) is 35.0. The van der Waals surface area contributed by atoms with Crippen molar-refractivity contribution >= 4 is 13.7 Å². The van der Waals surface area contributed by atoms with Crippen LogP contribution in [0.1, 0.15) is 271 Å². The summed E-state index contributed by atoms with van der Waals surface area (Å²) in [4.78, 5) is 25.6. The summed E-state index contributed by atoms with van der Waals surface area (Å²) >= 11 is 0. The smallest absolute Gasteiger partial charge is 0.268 e. The second kappa shape index (κ2) is 62.2. The first-order valence-electron chi connectivity index (χ1n) is 33.5. The van der Waals surface area contributed by atoms with Gasteiger partial charge in [-0.05, 0) is 109 Å². The molecule has 9 heteroatoms. The lowest BCUT2D eigenvalue weighted by Crippen LogP contribution is -2.45. The molecule has 0 heterocycles. The van der Waals surface area contributed by atoms with Crippen molar-refractivity contribution in [3.63, 3.8) is 0 Å². The van der Waals surface area contributed by atoms with E-state index in [1.54, 1.807) is 6.08 Å². The number of aliphatic hydroxyl groups is 1. The van der Waals surface area contributed by atoms with Crippen LogP contribution in [0.15, 0.2) is 134 Å². The van der Waals surface area contributed by atoms with Crippen LogP contribution in [0.5, 0.6) is 0 Å². The summed E-state index contributed by atoms with van der Waals surface area (Å²) in [5.74, 6) is -0.230. The first-order chi connectivity index (χ1) is 40.0. The van der Waals surface area contributed by atoms with Crippen molar-refractivity contribution in [3.8, 4) is 0 Å². The summed E-state index contributed by atoms with van der Waals surface area (Å²) in [7, 11) is 1.21. The monoisotopic (exact) mass is 1160 g/mol. The molecule has 3 atom stereocenters. The van der Waals surface area contributed by atoms with E-state index in [-0.39, 0.29) is 12.5 Å². The van der Waals surface area contributed by atoms with Gasteiger partial charge in [-0.1, -0.05) is 289 Å². The van der Waals surface area contributed by atoms with Gasteiger partial charge < -0.3 is 28.8 Å². The lowest BCUT2D eigenvalue weighted by molar-refractivity contribution is -0.870. The zero-order valence-corrected chi connectivity index (χ0v) is 54.5. The van der Waals surface area contributed by atoms with E-state index in [1.165, 1.54) is 128 Å². The molecule has 0 rings (SSSR count). The number of hydrogen-bond acceptors (Lipinski definition) is 6. The number of phosphoric acid groups is 1. The molecule has 0 bridgehead atoms. The Balaban J connectivity index is 4.27. The van der Waals surface area contributed by atoms with E-state index in [0.717, 1.165) is 122 Å². The molecule has 0 aromatic rings. The Hall–Kier alpha value is -3.36. The van der Waals surface area contributed by atoms with E-state index >= 15 is 0 Å². The molecule has 82 heavy (non-hydrogen) atoms. The number of amides is 1. The SMILES string of the molecule is CC/C=C\C/C=C\C/C=C\C/C=C\C/C=C\C/C=C\C/C=C\C/C=C\CCCCCCCCC(=O)NC(COP(=O)([O-])OCC[N+](C)(C)C)C(O)/C=C/CC/C=C/CC/C=C/CCCCCCCCCCCCCCCCCCCCC. The Morgan fingerprint density at radius 1 is 0.439 bits per heavy atom. The van der Waals surface area contributed by atoms with Gasteiger partial charge in [0.1, 0.15) is 13.2 Å². The van der Waals surface area contributed by atoms with E-state index in [4.69, 9.17) is 9.05 Å². The highest BCUT2D eigenvalue weighted by molar-refractivity contribution is 7.45. The number of phosphoric ester groups is 1. The molecule has 0 saturated heterocycles. The molecule has 3 unspecified atom stereocenters. The van der Waals surface area contributed by atoms with Gasteiger partial charge >= 0.3 is 0 Å². The Labute approximate surface area is 506 Å². The molecule has 0 radical (unpaired) electrons. The highest BCUT2D eigenvalue weighted by Crippen LogP contribution is 2.38. The number of aliphatic hydroxyl groups excluding tert-OH is 1. The highest BCUT2D eigenvalue weighted by atomic mass is 31.2. The van der Waals surface area contributed by atoms with E-state index in [9.17, 15) is 19.4 Å². The standard InChI is InChI=1S/C73H127N2O6P/c1-6-8-10-12-14-16-18-20-22-24-26-28-30-32-34-36-37-39-41-43-45-47-49-51-53-55-57-59-61-63-65-67-73(77)74-71(70-81-82(78,79)80-69-68-75(3,4)5)72(76)66-64-62-60-58-56-54-52-50-48-46-44-42-40-38-35-33-31-29-27-25-23-21-19-17-15-13-11-9-7-2/h8,10,14,16,20,22,26,28,32,34,37,39,43,45,48-51,56,58,64,66,71-72,76H,6-7,9,11-13,15,17-19,21,23-25,27,29-31,33,35-36,38,40-42,44,46-47,52-55,57,59-63,65,67-70H2,1-5H3,(H-,74,77,78,79)/b10-8-,16-14-,22-20-,28-26-,34-32-,39-37-,45-43-,50-48+,51-49-,58-56+,66-64+. The van der Waals surface area contributed by atoms with Crippen LogP contribution in [0.25, 0.3) is 0 Å². The minimum atomic E-state index is -4.63. The molecular formula is C73H127N2O6P. The molecule has 0 spiro atoms. The number of unbranched alkanes of at least 4 members (excludes halogenated alkanes) is 27. The van der Waals surface area contributed by atoms with Gasteiger partial charge in [0, 0.05) is 6.42 Å². The molecule has 0 fully saturated rings. The number of carbonyl (C=O) groups is 1. The maximum atomic E-state index is 13.0. The Kier molecular flexibility index (Phi) is 59.6. The van der Waals surface area contributed by atoms with Crippen LogP contribution in [-0.2, 0) is 18.4 Å². The van der Waals surface area contributed by atoms with Crippen LogP contribution in [0.3, 0.4) is 0 Å². The third-order valence-corrected chi connectivity index (χ3v) is 15.3. The van der Waals surface area contributed by atoms with Crippen LogP contribution < -0.4 is 10.2 Å². The molecule has 0 aromatic heterocycles. The van der Waals surface area contributed by atoms with Crippen molar-refractivity contribution in [3.05, 3.63) is 134 Å². The lowest BCUT2D eigenvalue weighted by atomic mass is 10.0. The average Bonchev–Trinajstić information content (AvgIpc) is 3.47. The van der Waals surface area contributed by atoms with Crippen LogP contribution >= 0.6 is 7.82 Å². The number of carbonyl (C=O) groups excluding carboxylic acids is 1. The molecule has 1 amide bonds. The summed E-state index contributed by atoms with van der Waals surface area (Å²) < 4.78 is 23.4. The predicted molar refractivity (Wildman–Crippen MR) is 357 cm³/mol. The minimum Gasteiger partial charge on any atom is -0.756 e. The number of allylic oxidation sites excluding steroid dienone is 21. The summed E-state index contributed by atoms with van der Waals surface area (Å²) in [5, 5.41) is 13.9. The molecule has 0 aromatic carbocycles. The molecule has 470 valence electrons. The van der Waals surface area contributed by atoms with Crippen molar-refractivity contribution in [2.24, 2.45) is 0 Å². The zero-order chi connectivity index (χ0) is 59.8. The van der Waals surface area contributed by atoms with Crippen LogP contribution in [0.4, 0.5) is 0 Å². The molecule has 0 aliphatic heterocycles. The molecule has 8 nitrogen and oxygen atoms in total. The highest BCUT2D eigenvalue weighted by Gasteiger charge is 2.23. The maximum absolute atomic E-state index is 13.0. The number of quaternary nitrogens is 1. The third-order valence-electron chi connectivity index (χ3n) is 14.3. The Bertz CT molecular complexity index is 1800. The normalized spacial score (nSPS) is 14.6. The summed E-state index contributed by atoms with van der Waals surface area (Å²) in [6.07, 6.45) is 94.2. The van der Waals surface area contributed by atoms with Gasteiger partial charge in [0.25, 0.3) is 7.82 Å². The zero-order valence-electron chi connectivity index (χ0n) is 53.6. The summed E-state index contributed by atoms with van der Waals surface area (Å²) in [6, 6.07) is -0.930. The van der Waals surface area contributed by atoms with E-state index in [2.05, 4.69) is 141 Å². The minimum absolute atomic E-state index is 0.0195. The van der Waals surface area contributed by atoms with Gasteiger partial charge in [0.05, 0.1) is 39.9 Å². The largest absolute Gasteiger partial charge is 0.756 e. The van der Waals surface area contributed by atoms with Gasteiger partial charge in [-0.2, -0.15) is 0 Å². The van der Waals surface area contributed by atoms with E-state index in [1.807, 2.05) is 27.2 Å². The van der Waals surface area contributed by atoms with Crippen molar-refractivity contribution in [2.45, 2.75) is 283 Å². The fraction of sp³-hybridized carbons (Fsp3) is 0.685. The Morgan fingerprint density at radius 2 is 0.756 bits per heavy atom. The summed E-state index contributed by atoms with van der Waals surface area (Å²) in [6.45, 7) is 4.50. The van der Waals surface area contributed by atoms with Crippen LogP contribution in [0.2, 0.25) is 0 Å². The second-order valence-electron chi connectivity index (χ2n) is 23.4. The van der Waals surface area contributed by atoms with Gasteiger partial charge in [0.15, 0.2) is 0 Å². The van der Waals surface area contributed by atoms with Crippen molar-refractivity contribution in [1.29, 1.82) is 0 Å². The second-order valence-corrected chi connectivity index (χ2v) is 24.8. The molecule has 2 N–H and O–H groups in total. The number of nitrogens with zero attached hydrogens (tertiary/aromatic N) is 1. The fourth-order valence-corrected chi connectivity index (χ4v) is 9.87. The lowest BCUT2D eigenvalue weighted by Gasteiger charge is -2.29. The van der Waals surface area contributed by atoms with Gasteiger partial charge in [0.2, 0.25) is 5.91 Å². The van der Waals surface area contributed by atoms with Crippen molar-refractivity contribution in [1.82, 2.24) is 5.32 Å². The Morgan fingerprint density at radius 3 is 1.13 bits per heavy atom. The number of nitrogens with one attached hydrogen (secondary N) is 1. The van der Waals surface area contributed by atoms with Gasteiger partial charge in [-0.25, -0.2) is 0 Å². The topological polar surface area (TPSA) is 108 Å². The van der Waals surface area contributed by atoms with Crippen LogP contribution in [-0.4, -0.2) is 68.5 Å². The third kappa shape index (κ3) is 64.2. The maximum Gasteiger partial charge on any atom is 0.268 e. The number of hydrogen-bond donors (Lipinski definition) is 2.